The van der Waals surface area contributed by atoms with Crippen molar-refractivity contribution < 1.29 is 0 Å². The predicted molar refractivity (Wildman–Crippen MR) is 53.9 cm³/mol. The lowest BCUT2D eigenvalue weighted by Crippen LogP contribution is -2.44. The smallest absolute Gasteiger partial charge is 0.0189 e. The minimum Gasteiger partial charge on any atom is -0.325 e. The fourth-order valence-corrected chi connectivity index (χ4v) is 1.69. The molecule has 1 rings (SSSR count). The third-order valence-corrected chi connectivity index (χ3v) is 3.21. The minimum absolute atomic E-state index is 0.0262. The topological polar surface area (TPSA) is 26.0 Å². The Morgan fingerprint density at radius 1 is 1.58 bits per heavy atom. The Kier molecular flexibility index (Phi) is 2.62. The molecule has 0 spiro atoms. The zero-order valence-corrected chi connectivity index (χ0v) is 8.72. The molecule has 0 radical (unpaired) electrons. The maximum atomic E-state index is 6.14. The highest BCUT2D eigenvalue weighted by Gasteiger charge is 2.30. The van der Waals surface area contributed by atoms with Crippen molar-refractivity contribution in [2.24, 2.45) is 17.6 Å². The first-order chi connectivity index (χ1) is 5.43. The largest absolute Gasteiger partial charge is 0.325 e. The summed E-state index contributed by atoms with van der Waals surface area (Å²) in [6.45, 7) is 8.94. The number of hydrogen-bond acceptors (Lipinski definition) is 1. The summed E-state index contributed by atoms with van der Waals surface area (Å²) in [6.07, 6.45) is 4.57. The Hall–Kier alpha value is -0.300. The molecule has 70 valence electrons. The number of hydrogen-bond donors (Lipinski definition) is 1. The molecule has 2 unspecified atom stereocenters. The van der Waals surface area contributed by atoms with Crippen LogP contribution in [0.15, 0.2) is 11.6 Å². The Bertz CT molecular complexity index is 189. The van der Waals surface area contributed by atoms with Gasteiger partial charge in [-0.1, -0.05) is 32.4 Å². The second-order valence-corrected chi connectivity index (χ2v) is 4.75. The van der Waals surface area contributed by atoms with Gasteiger partial charge >= 0.3 is 0 Å². The molecule has 0 heterocycles. The molecule has 0 saturated carbocycles. The fraction of sp³-hybridized carbons (Fsp3) is 0.818. The van der Waals surface area contributed by atoms with Gasteiger partial charge < -0.3 is 5.73 Å². The second kappa shape index (κ2) is 3.21. The zero-order chi connectivity index (χ0) is 9.35. The van der Waals surface area contributed by atoms with Gasteiger partial charge in [0, 0.05) is 5.54 Å². The molecule has 1 heteroatoms. The van der Waals surface area contributed by atoms with E-state index in [1.807, 2.05) is 0 Å². The van der Waals surface area contributed by atoms with Crippen LogP contribution in [0.2, 0.25) is 0 Å². The van der Waals surface area contributed by atoms with E-state index in [0.29, 0.717) is 11.8 Å². The Morgan fingerprint density at radius 2 is 2.17 bits per heavy atom. The average Bonchev–Trinajstić information content (AvgIpc) is 1.94. The van der Waals surface area contributed by atoms with E-state index in [4.69, 9.17) is 5.73 Å². The summed E-state index contributed by atoms with van der Waals surface area (Å²) in [5.74, 6) is 1.32. The summed E-state index contributed by atoms with van der Waals surface area (Å²) < 4.78 is 0. The zero-order valence-electron chi connectivity index (χ0n) is 8.72. The monoisotopic (exact) mass is 167 g/mol. The predicted octanol–water partition coefficient (Wildman–Crippen LogP) is 2.72. The Morgan fingerprint density at radius 3 is 2.58 bits per heavy atom. The van der Waals surface area contributed by atoms with Crippen LogP contribution in [0, 0.1) is 11.8 Å². The second-order valence-electron chi connectivity index (χ2n) is 4.75. The highest BCUT2D eigenvalue weighted by atomic mass is 14.7. The van der Waals surface area contributed by atoms with E-state index < -0.39 is 0 Å². The van der Waals surface area contributed by atoms with Crippen molar-refractivity contribution in [3.63, 3.8) is 0 Å². The molecule has 0 saturated heterocycles. The molecule has 0 amide bonds. The third kappa shape index (κ3) is 1.89. The summed E-state index contributed by atoms with van der Waals surface area (Å²) in [5, 5.41) is 0. The van der Waals surface area contributed by atoms with E-state index in [9.17, 15) is 0 Å². The highest BCUT2D eigenvalue weighted by Crippen LogP contribution is 2.33. The molecule has 1 aliphatic rings. The van der Waals surface area contributed by atoms with Gasteiger partial charge in [0.2, 0.25) is 0 Å². The minimum atomic E-state index is 0.0262. The Labute approximate surface area is 76.0 Å². The van der Waals surface area contributed by atoms with Crippen LogP contribution in [0.25, 0.3) is 0 Å². The van der Waals surface area contributed by atoms with Gasteiger partial charge in [-0.2, -0.15) is 0 Å². The van der Waals surface area contributed by atoms with Gasteiger partial charge in [-0.15, -0.1) is 0 Å². The van der Waals surface area contributed by atoms with Crippen molar-refractivity contribution in [2.45, 2.75) is 46.1 Å². The Balaban J connectivity index is 2.71. The van der Waals surface area contributed by atoms with Gasteiger partial charge in [-0.25, -0.2) is 0 Å². The van der Waals surface area contributed by atoms with Crippen LogP contribution < -0.4 is 5.73 Å². The molecule has 0 aromatic heterocycles. The molecule has 2 atom stereocenters. The first kappa shape index (κ1) is 9.79. The van der Waals surface area contributed by atoms with Crippen LogP contribution in [0.5, 0.6) is 0 Å². The van der Waals surface area contributed by atoms with Crippen molar-refractivity contribution >= 4 is 0 Å². The number of rotatable bonds is 1. The van der Waals surface area contributed by atoms with Gasteiger partial charge in [-0.3, -0.25) is 0 Å². The lowest BCUT2D eigenvalue weighted by Gasteiger charge is -2.36. The van der Waals surface area contributed by atoms with Crippen LogP contribution >= 0.6 is 0 Å². The summed E-state index contributed by atoms with van der Waals surface area (Å²) in [7, 11) is 0. The van der Waals surface area contributed by atoms with Gasteiger partial charge in [0.25, 0.3) is 0 Å². The number of nitrogens with two attached hydrogens (primary N) is 1. The highest BCUT2D eigenvalue weighted by molar-refractivity contribution is 5.14. The fourth-order valence-electron chi connectivity index (χ4n) is 1.69. The molecule has 0 aliphatic heterocycles. The average molecular weight is 167 g/mol. The standard InChI is InChI=1S/C11H21N/c1-8(2)10-5-6-11(4,12)9(3)7-10/h5,8-9H,6-7,12H2,1-4H3. The van der Waals surface area contributed by atoms with Crippen molar-refractivity contribution in [1.82, 2.24) is 0 Å². The van der Waals surface area contributed by atoms with Crippen molar-refractivity contribution in [1.29, 1.82) is 0 Å². The van der Waals surface area contributed by atoms with E-state index in [1.165, 1.54) is 6.42 Å². The lowest BCUT2D eigenvalue weighted by molar-refractivity contribution is 0.294. The van der Waals surface area contributed by atoms with Gasteiger partial charge in [0.15, 0.2) is 0 Å². The van der Waals surface area contributed by atoms with Crippen LogP contribution in [0.1, 0.15) is 40.5 Å². The van der Waals surface area contributed by atoms with Gasteiger partial charge in [-0.05, 0) is 31.6 Å². The van der Waals surface area contributed by atoms with Gasteiger partial charge in [0.05, 0.1) is 0 Å². The maximum absolute atomic E-state index is 6.14. The van der Waals surface area contributed by atoms with Crippen LogP contribution in [-0.2, 0) is 0 Å². The normalized spacial score (nSPS) is 36.8. The first-order valence-corrected chi connectivity index (χ1v) is 4.91. The van der Waals surface area contributed by atoms with E-state index in [-0.39, 0.29) is 5.54 Å². The van der Waals surface area contributed by atoms with E-state index in [2.05, 4.69) is 33.8 Å². The number of allylic oxidation sites excluding steroid dienone is 1. The molecule has 1 nitrogen and oxygen atoms in total. The van der Waals surface area contributed by atoms with E-state index in [1.54, 1.807) is 5.57 Å². The summed E-state index contributed by atoms with van der Waals surface area (Å²) in [4.78, 5) is 0. The van der Waals surface area contributed by atoms with Crippen LogP contribution in [-0.4, -0.2) is 5.54 Å². The van der Waals surface area contributed by atoms with Crippen molar-refractivity contribution in [3.05, 3.63) is 11.6 Å². The molecule has 1 aliphatic carbocycles. The van der Waals surface area contributed by atoms with Crippen LogP contribution in [0.3, 0.4) is 0 Å². The quantitative estimate of drug-likeness (QED) is 0.597. The summed E-state index contributed by atoms with van der Waals surface area (Å²) in [6, 6.07) is 0. The van der Waals surface area contributed by atoms with Gasteiger partial charge in [0.1, 0.15) is 0 Å². The first-order valence-electron chi connectivity index (χ1n) is 4.91. The van der Waals surface area contributed by atoms with E-state index in [0.717, 1.165) is 6.42 Å². The van der Waals surface area contributed by atoms with E-state index >= 15 is 0 Å². The lowest BCUT2D eigenvalue weighted by atomic mass is 9.74. The maximum Gasteiger partial charge on any atom is 0.0189 e. The molecular weight excluding hydrogens is 146 g/mol. The molecule has 0 aromatic rings. The van der Waals surface area contributed by atoms with Crippen LogP contribution in [0.4, 0.5) is 0 Å². The molecule has 0 bridgehead atoms. The summed E-state index contributed by atoms with van der Waals surface area (Å²) in [5.41, 5.74) is 7.75. The van der Waals surface area contributed by atoms with Crippen molar-refractivity contribution in [2.75, 3.05) is 0 Å². The molecule has 0 fully saturated rings. The SMILES string of the molecule is CC(C)C1=CCC(C)(N)C(C)C1. The molecule has 0 aromatic carbocycles. The van der Waals surface area contributed by atoms with Crippen molar-refractivity contribution in [3.8, 4) is 0 Å². The third-order valence-electron chi connectivity index (χ3n) is 3.21. The molecule has 12 heavy (non-hydrogen) atoms. The molecule has 2 N–H and O–H groups in total. The summed E-state index contributed by atoms with van der Waals surface area (Å²) >= 11 is 0. The molecular formula is C11H21N.